The second-order valence-corrected chi connectivity index (χ2v) is 8.61. The molecule has 1 saturated heterocycles. The lowest BCUT2D eigenvalue weighted by Crippen LogP contribution is -2.37. The van der Waals surface area contributed by atoms with Crippen LogP contribution in [-0.2, 0) is 14.3 Å². The van der Waals surface area contributed by atoms with E-state index in [0.717, 1.165) is 11.3 Å². The number of carbonyl (C=O) groups excluding carboxylic acids is 2. The first-order valence-electron chi connectivity index (χ1n) is 11.1. The Morgan fingerprint density at radius 1 is 1.06 bits per heavy atom. The number of esters is 1. The molecule has 35 heavy (non-hydrogen) atoms. The number of hydrogen-bond donors (Lipinski definition) is 1. The summed E-state index contributed by atoms with van der Waals surface area (Å²) in [5.41, 5.74) is 2.36. The minimum atomic E-state index is -0.440. The van der Waals surface area contributed by atoms with Gasteiger partial charge in [-0.05, 0) is 61.5 Å². The molecule has 0 spiro atoms. The summed E-state index contributed by atoms with van der Waals surface area (Å²) >= 11 is 12.1. The zero-order valence-electron chi connectivity index (χ0n) is 19.1. The molecule has 2 aromatic carbocycles. The summed E-state index contributed by atoms with van der Waals surface area (Å²) in [5.74, 6) is 0.251. The van der Waals surface area contributed by atoms with Crippen LogP contribution in [0.1, 0.15) is 23.0 Å². The third-order valence-electron chi connectivity index (χ3n) is 5.28. The molecule has 0 radical (unpaired) electrons. The van der Waals surface area contributed by atoms with Crippen LogP contribution < -0.4 is 10.2 Å². The first-order chi connectivity index (χ1) is 16.9. The van der Waals surface area contributed by atoms with Crippen LogP contribution in [0.4, 0.5) is 11.4 Å². The zero-order valence-corrected chi connectivity index (χ0v) is 20.6. The van der Waals surface area contributed by atoms with Crippen molar-refractivity contribution >= 4 is 52.5 Å². The fourth-order valence-corrected chi connectivity index (χ4v) is 4.23. The smallest absolute Gasteiger partial charge is 0.340 e. The summed E-state index contributed by atoms with van der Waals surface area (Å²) in [6.45, 7) is 4.53. The average Bonchev–Trinajstić information content (AvgIpc) is 3.32. The fraction of sp³-hybridized carbons (Fsp3) is 0.231. The molecule has 4 rings (SSSR count). The number of morpholine rings is 1. The first-order valence-corrected chi connectivity index (χ1v) is 11.9. The van der Waals surface area contributed by atoms with E-state index in [4.69, 9.17) is 37.1 Å². The van der Waals surface area contributed by atoms with E-state index in [1.54, 1.807) is 55.5 Å². The van der Waals surface area contributed by atoms with E-state index in [2.05, 4.69) is 10.2 Å². The van der Waals surface area contributed by atoms with Crippen molar-refractivity contribution in [2.45, 2.75) is 6.92 Å². The van der Waals surface area contributed by atoms with Crippen LogP contribution in [0.5, 0.6) is 0 Å². The molecule has 1 aliphatic heterocycles. The second-order valence-electron chi connectivity index (χ2n) is 7.73. The van der Waals surface area contributed by atoms with Crippen molar-refractivity contribution in [1.29, 1.82) is 0 Å². The van der Waals surface area contributed by atoms with Gasteiger partial charge in [-0.3, -0.25) is 4.79 Å². The number of anilines is 2. The Kier molecular flexibility index (Phi) is 8.13. The molecule has 0 saturated carbocycles. The number of ether oxygens (including phenoxy) is 2. The maximum Gasteiger partial charge on any atom is 0.340 e. The van der Waals surface area contributed by atoms with E-state index in [9.17, 15) is 9.59 Å². The number of hydrogen-bond acceptors (Lipinski definition) is 6. The largest absolute Gasteiger partial charge is 0.462 e. The molecule has 0 atom stereocenters. The molecule has 1 N–H and O–H groups in total. The van der Waals surface area contributed by atoms with Gasteiger partial charge in [-0.15, -0.1) is 0 Å². The van der Waals surface area contributed by atoms with Crippen molar-refractivity contribution in [1.82, 2.24) is 0 Å². The van der Waals surface area contributed by atoms with E-state index in [0.29, 0.717) is 59.1 Å². The van der Waals surface area contributed by atoms with Crippen molar-refractivity contribution in [2.24, 2.45) is 0 Å². The third kappa shape index (κ3) is 6.45. The number of nitrogens with zero attached hydrogens (tertiary/aromatic N) is 1. The van der Waals surface area contributed by atoms with Gasteiger partial charge >= 0.3 is 5.97 Å². The lowest BCUT2D eigenvalue weighted by Gasteiger charge is -2.30. The Morgan fingerprint density at radius 2 is 1.80 bits per heavy atom. The molecule has 7 nitrogen and oxygen atoms in total. The van der Waals surface area contributed by atoms with Crippen LogP contribution in [0, 0.1) is 0 Å². The molecule has 9 heteroatoms. The van der Waals surface area contributed by atoms with Crippen molar-refractivity contribution in [3.05, 3.63) is 76.0 Å². The van der Waals surface area contributed by atoms with Gasteiger partial charge in [0.05, 0.1) is 31.1 Å². The number of benzene rings is 2. The van der Waals surface area contributed by atoms with E-state index in [1.165, 1.54) is 6.08 Å². The molecular weight excluding hydrogens is 491 g/mol. The molecule has 1 fully saturated rings. The number of furan rings is 1. The first kappa shape index (κ1) is 24.9. The fourth-order valence-electron chi connectivity index (χ4n) is 3.70. The zero-order chi connectivity index (χ0) is 24.8. The monoisotopic (exact) mass is 514 g/mol. The van der Waals surface area contributed by atoms with Crippen molar-refractivity contribution in [2.75, 3.05) is 43.1 Å². The molecule has 0 aliphatic carbocycles. The molecular formula is C26H24Cl2N2O5. The summed E-state index contributed by atoms with van der Waals surface area (Å²) in [6, 6.07) is 13.8. The number of rotatable bonds is 7. The summed E-state index contributed by atoms with van der Waals surface area (Å²) < 4.78 is 16.4. The minimum Gasteiger partial charge on any atom is -0.462 e. The molecule has 1 aliphatic rings. The third-order valence-corrected chi connectivity index (χ3v) is 5.72. The second kappa shape index (κ2) is 11.4. The highest BCUT2D eigenvalue weighted by atomic mass is 35.5. The Balaban J connectivity index is 1.47. The summed E-state index contributed by atoms with van der Waals surface area (Å²) in [6.07, 6.45) is 2.91. The van der Waals surface area contributed by atoms with E-state index < -0.39 is 5.97 Å². The normalized spacial score (nSPS) is 13.7. The Hall–Kier alpha value is -3.26. The maximum absolute atomic E-state index is 12.6. The van der Waals surface area contributed by atoms with Crippen LogP contribution in [0.15, 0.2) is 59.0 Å². The standard InChI is InChI=1S/C26H24Cl2N2O5/c1-2-34-26(32)22-16-20(3-6-23(22)30-9-11-33-12-10-30)29-25(31)8-5-21-4-7-24(35-21)17-13-18(27)15-19(28)14-17/h3-8,13-16H,2,9-12H2,1H3,(H,29,31). The van der Waals surface area contributed by atoms with Crippen LogP contribution in [0.25, 0.3) is 17.4 Å². The van der Waals surface area contributed by atoms with E-state index in [1.807, 2.05) is 6.07 Å². The summed E-state index contributed by atoms with van der Waals surface area (Å²) in [5, 5.41) is 3.78. The maximum atomic E-state index is 12.6. The Morgan fingerprint density at radius 3 is 2.51 bits per heavy atom. The van der Waals surface area contributed by atoms with Crippen molar-refractivity contribution in [3.63, 3.8) is 0 Å². The Labute approximate surface area is 213 Å². The molecule has 2 heterocycles. The average molecular weight is 515 g/mol. The highest BCUT2D eigenvalue weighted by molar-refractivity contribution is 6.35. The highest BCUT2D eigenvalue weighted by Crippen LogP contribution is 2.29. The van der Waals surface area contributed by atoms with Gasteiger partial charge in [-0.1, -0.05) is 23.2 Å². The van der Waals surface area contributed by atoms with Gasteiger partial charge in [-0.2, -0.15) is 0 Å². The van der Waals surface area contributed by atoms with Gasteiger partial charge in [0, 0.05) is 40.5 Å². The predicted molar refractivity (Wildman–Crippen MR) is 137 cm³/mol. The topological polar surface area (TPSA) is 81.0 Å². The van der Waals surface area contributed by atoms with Crippen LogP contribution in [-0.4, -0.2) is 44.8 Å². The molecule has 3 aromatic rings. The molecule has 0 bridgehead atoms. The molecule has 0 unspecified atom stereocenters. The van der Waals surface area contributed by atoms with Crippen LogP contribution in [0.2, 0.25) is 10.0 Å². The van der Waals surface area contributed by atoms with Crippen LogP contribution >= 0.6 is 23.2 Å². The molecule has 182 valence electrons. The minimum absolute atomic E-state index is 0.257. The number of nitrogens with one attached hydrogen (secondary N) is 1. The summed E-state index contributed by atoms with van der Waals surface area (Å²) in [4.78, 5) is 27.2. The van der Waals surface area contributed by atoms with Gasteiger partial charge < -0.3 is 24.1 Å². The highest BCUT2D eigenvalue weighted by Gasteiger charge is 2.20. The quantitative estimate of drug-likeness (QED) is 0.311. The van der Waals surface area contributed by atoms with Gasteiger partial charge in [0.25, 0.3) is 0 Å². The number of amides is 1. The van der Waals surface area contributed by atoms with Gasteiger partial charge in [-0.25, -0.2) is 4.79 Å². The van der Waals surface area contributed by atoms with Crippen molar-refractivity contribution in [3.8, 4) is 11.3 Å². The SMILES string of the molecule is CCOC(=O)c1cc(NC(=O)C=Cc2ccc(-c3cc(Cl)cc(Cl)c3)o2)ccc1N1CCOCC1. The number of carbonyl (C=O) groups is 2. The lowest BCUT2D eigenvalue weighted by atomic mass is 10.1. The van der Waals surface area contributed by atoms with Crippen LogP contribution in [0.3, 0.4) is 0 Å². The van der Waals surface area contributed by atoms with Gasteiger partial charge in [0.1, 0.15) is 11.5 Å². The number of halogens is 2. The van der Waals surface area contributed by atoms with E-state index >= 15 is 0 Å². The van der Waals surface area contributed by atoms with Gasteiger partial charge in [0.15, 0.2) is 0 Å². The summed E-state index contributed by atoms with van der Waals surface area (Å²) in [7, 11) is 0. The molecule has 1 aromatic heterocycles. The van der Waals surface area contributed by atoms with E-state index in [-0.39, 0.29) is 12.5 Å². The van der Waals surface area contributed by atoms with Crippen molar-refractivity contribution < 1.29 is 23.5 Å². The molecule has 1 amide bonds. The predicted octanol–water partition coefficient (Wildman–Crippen LogP) is 5.92. The lowest BCUT2D eigenvalue weighted by molar-refractivity contribution is -0.111. The Bertz CT molecular complexity index is 1230. The van der Waals surface area contributed by atoms with Gasteiger partial charge in [0.2, 0.25) is 5.91 Å².